The van der Waals surface area contributed by atoms with Gasteiger partial charge in [-0.3, -0.25) is 14.4 Å². The van der Waals surface area contributed by atoms with Crippen molar-refractivity contribution in [2.24, 2.45) is 5.92 Å². The van der Waals surface area contributed by atoms with Crippen LogP contribution in [0.15, 0.2) is 54.6 Å². The Morgan fingerprint density at radius 2 is 1.72 bits per heavy atom. The first-order valence-corrected chi connectivity index (χ1v) is 11.4. The van der Waals surface area contributed by atoms with Gasteiger partial charge >= 0.3 is 0 Å². The van der Waals surface area contributed by atoms with Gasteiger partial charge in [0, 0.05) is 38.9 Å². The predicted molar refractivity (Wildman–Crippen MR) is 119 cm³/mol. The van der Waals surface area contributed by atoms with Crippen LogP contribution >= 0.6 is 0 Å². The summed E-state index contributed by atoms with van der Waals surface area (Å²) in [7, 11) is 0. The molecule has 1 spiro atoms. The quantitative estimate of drug-likeness (QED) is 0.743. The highest BCUT2D eigenvalue weighted by Gasteiger charge is 2.45. The lowest BCUT2D eigenvalue weighted by molar-refractivity contribution is -0.139. The number of fused-ring (bicyclic) bond motifs is 1. The number of nitrogens with zero attached hydrogens (tertiary/aromatic N) is 2. The van der Waals surface area contributed by atoms with Crippen molar-refractivity contribution in [1.29, 1.82) is 0 Å². The molecule has 0 N–H and O–H groups in total. The second kappa shape index (κ2) is 8.08. The highest BCUT2D eigenvalue weighted by Crippen LogP contribution is 2.40. The standard InChI is InChI=1S/C26H28N2O4/c1-18(19-7-3-2-4-8-19)28-17-20(15-24(28)30)25(31)27-13-11-26(12-14-27)16-22(29)21-9-5-6-10-23(21)32-26/h2-10,18,20H,11-17H2,1H3. The molecule has 0 aliphatic carbocycles. The van der Waals surface area contributed by atoms with Gasteiger partial charge in [-0.2, -0.15) is 0 Å². The summed E-state index contributed by atoms with van der Waals surface area (Å²) < 4.78 is 6.28. The maximum absolute atomic E-state index is 13.2. The zero-order valence-corrected chi connectivity index (χ0v) is 18.3. The minimum absolute atomic E-state index is 0.0333. The molecule has 2 saturated heterocycles. The summed E-state index contributed by atoms with van der Waals surface area (Å²) >= 11 is 0. The van der Waals surface area contributed by atoms with Crippen LogP contribution in [0.1, 0.15) is 54.6 Å². The van der Waals surface area contributed by atoms with E-state index in [4.69, 9.17) is 4.74 Å². The van der Waals surface area contributed by atoms with Crippen molar-refractivity contribution in [3.8, 4) is 5.75 Å². The summed E-state index contributed by atoms with van der Waals surface area (Å²) in [6, 6.07) is 17.3. The van der Waals surface area contributed by atoms with Gasteiger partial charge in [0.15, 0.2) is 5.78 Å². The summed E-state index contributed by atoms with van der Waals surface area (Å²) in [6.45, 7) is 3.57. The normalized spacial score (nSPS) is 23.1. The molecule has 6 nitrogen and oxygen atoms in total. The fourth-order valence-corrected chi connectivity index (χ4v) is 5.30. The maximum Gasteiger partial charge on any atom is 0.227 e. The molecular formula is C26H28N2O4. The average molecular weight is 433 g/mol. The van der Waals surface area contributed by atoms with E-state index in [1.807, 2.05) is 71.3 Å². The number of piperidine rings is 1. The molecule has 0 saturated carbocycles. The highest BCUT2D eigenvalue weighted by atomic mass is 16.5. The molecule has 3 aliphatic rings. The zero-order valence-electron chi connectivity index (χ0n) is 18.3. The minimum atomic E-state index is -0.526. The number of para-hydroxylation sites is 1. The first-order valence-electron chi connectivity index (χ1n) is 11.4. The van der Waals surface area contributed by atoms with Crippen LogP contribution in [-0.4, -0.2) is 52.6 Å². The molecule has 0 aromatic heterocycles. The summed E-state index contributed by atoms with van der Waals surface area (Å²) in [6.07, 6.45) is 1.88. The lowest BCUT2D eigenvalue weighted by Crippen LogP contribution is -2.53. The van der Waals surface area contributed by atoms with Gasteiger partial charge in [0.05, 0.1) is 23.9 Å². The molecule has 6 heteroatoms. The summed E-state index contributed by atoms with van der Waals surface area (Å²) in [5.74, 6) is 0.524. The smallest absolute Gasteiger partial charge is 0.227 e. The van der Waals surface area contributed by atoms with Gasteiger partial charge in [0.25, 0.3) is 0 Å². The number of carbonyl (C=O) groups excluding carboxylic acids is 3. The lowest BCUT2D eigenvalue weighted by Gasteiger charge is -2.44. The molecule has 2 unspecified atom stereocenters. The first kappa shape index (κ1) is 20.7. The summed E-state index contributed by atoms with van der Waals surface area (Å²) in [4.78, 5) is 42.2. The Balaban J connectivity index is 1.22. The van der Waals surface area contributed by atoms with Crippen LogP contribution in [0.2, 0.25) is 0 Å². The molecule has 0 bridgehead atoms. The van der Waals surface area contributed by atoms with Crippen LogP contribution in [-0.2, 0) is 9.59 Å². The van der Waals surface area contributed by atoms with Gasteiger partial charge in [-0.05, 0) is 24.6 Å². The number of hydrogen-bond acceptors (Lipinski definition) is 4. The molecule has 5 rings (SSSR count). The van der Waals surface area contributed by atoms with Crippen LogP contribution in [0, 0.1) is 5.92 Å². The summed E-state index contributed by atoms with van der Waals surface area (Å²) in [5, 5.41) is 0. The van der Waals surface area contributed by atoms with E-state index < -0.39 is 5.60 Å². The molecule has 3 heterocycles. The van der Waals surface area contributed by atoms with E-state index in [9.17, 15) is 14.4 Å². The molecule has 166 valence electrons. The fraction of sp³-hybridized carbons (Fsp3) is 0.423. The topological polar surface area (TPSA) is 66.9 Å². The Morgan fingerprint density at radius 1 is 1.03 bits per heavy atom. The van der Waals surface area contributed by atoms with Crippen molar-refractivity contribution < 1.29 is 19.1 Å². The van der Waals surface area contributed by atoms with Crippen molar-refractivity contribution in [2.75, 3.05) is 19.6 Å². The van der Waals surface area contributed by atoms with Crippen LogP contribution in [0.3, 0.4) is 0 Å². The largest absolute Gasteiger partial charge is 0.486 e. The molecule has 2 atom stereocenters. The van der Waals surface area contributed by atoms with Gasteiger partial charge in [-0.25, -0.2) is 0 Å². The SMILES string of the molecule is CC(c1ccccc1)N1CC(C(=O)N2CCC3(CC2)CC(=O)c2ccccc2O3)CC1=O. The van der Waals surface area contributed by atoms with E-state index in [0.29, 0.717) is 50.2 Å². The van der Waals surface area contributed by atoms with Gasteiger partial charge in [-0.1, -0.05) is 42.5 Å². The van der Waals surface area contributed by atoms with Gasteiger partial charge in [-0.15, -0.1) is 0 Å². The predicted octanol–water partition coefficient (Wildman–Crippen LogP) is 3.62. The number of ketones is 1. The third-order valence-corrected chi connectivity index (χ3v) is 7.24. The minimum Gasteiger partial charge on any atom is -0.486 e. The Morgan fingerprint density at radius 3 is 2.47 bits per heavy atom. The van der Waals surface area contributed by atoms with E-state index in [2.05, 4.69) is 0 Å². The zero-order chi connectivity index (χ0) is 22.3. The molecule has 2 aromatic rings. The van der Waals surface area contributed by atoms with Crippen LogP contribution in [0.4, 0.5) is 0 Å². The number of Topliss-reactive ketones (excluding diaryl/α,β-unsaturated/α-hetero) is 1. The third kappa shape index (κ3) is 3.68. The van der Waals surface area contributed by atoms with Crippen LogP contribution < -0.4 is 4.74 Å². The van der Waals surface area contributed by atoms with Gasteiger partial charge in [0.1, 0.15) is 11.4 Å². The number of amides is 2. The van der Waals surface area contributed by atoms with Crippen molar-refractivity contribution in [1.82, 2.24) is 9.80 Å². The Kier molecular flexibility index (Phi) is 5.24. The molecule has 2 amide bonds. The van der Waals surface area contributed by atoms with Gasteiger partial charge < -0.3 is 14.5 Å². The van der Waals surface area contributed by atoms with E-state index in [1.165, 1.54) is 0 Å². The van der Waals surface area contributed by atoms with Crippen molar-refractivity contribution in [3.05, 3.63) is 65.7 Å². The number of likely N-dealkylation sites (tertiary alicyclic amines) is 2. The third-order valence-electron chi connectivity index (χ3n) is 7.24. The number of benzene rings is 2. The van der Waals surface area contributed by atoms with Gasteiger partial charge in [0.2, 0.25) is 11.8 Å². The Bertz CT molecular complexity index is 1040. The van der Waals surface area contributed by atoms with Crippen molar-refractivity contribution in [2.45, 2.75) is 44.2 Å². The van der Waals surface area contributed by atoms with Crippen molar-refractivity contribution >= 4 is 17.6 Å². The molecule has 3 aliphatic heterocycles. The van der Waals surface area contributed by atoms with Crippen LogP contribution in [0.25, 0.3) is 0 Å². The fourth-order valence-electron chi connectivity index (χ4n) is 5.30. The monoisotopic (exact) mass is 432 g/mol. The summed E-state index contributed by atoms with van der Waals surface area (Å²) in [5.41, 5.74) is 1.20. The second-order valence-electron chi connectivity index (χ2n) is 9.24. The number of ether oxygens (including phenoxy) is 1. The van der Waals surface area contributed by atoms with Crippen molar-refractivity contribution in [3.63, 3.8) is 0 Å². The van der Waals surface area contributed by atoms with E-state index in [1.54, 1.807) is 0 Å². The molecule has 2 fully saturated rings. The lowest BCUT2D eigenvalue weighted by atomic mass is 9.82. The Labute approximate surface area is 188 Å². The average Bonchev–Trinajstić information content (AvgIpc) is 3.21. The molecule has 32 heavy (non-hydrogen) atoms. The molecule has 2 aromatic carbocycles. The maximum atomic E-state index is 13.2. The Hall–Kier alpha value is -3.15. The number of carbonyl (C=O) groups is 3. The second-order valence-corrected chi connectivity index (χ2v) is 9.24. The van der Waals surface area contributed by atoms with E-state index in [-0.39, 0.29) is 36.0 Å². The van der Waals surface area contributed by atoms with E-state index >= 15 is 0 Å². The molecule has 0 radical (unpaired) electrons. The molecular weight excluding hydrogens is 404 g/mol. The first-order chi connectivity index (χ1) is 15.5. The van der Waals surface area contributed by atoms with Crippen LogP contribution in [0.5, 0.6) is 5.75 Å². The van der Waals surface area contributed by atoms with E-state index in [0.717, 1.165) is 5.56 Å². The number of rotatable bonds is 3. The number of hydrogen-bond donors (Lipinski definition) is 0. The highest BCUT2D eigenvalue weighted by molar-refractivity contribution is 6.00.